The van der Waals surface area contributed by atoms with Gasteiger partial charge >= 0.3 is 0 Å². The van der Waals surface area contributed by atoms with E-state index in [0.717, 1.165) is 16.6 Å². The van der Waals surface area contributed by atoms with E-state index in [1.165, 1.54) is 6.07 Å². The molecule has 0 spiro atoms. The predicted molar refractivity (Wildman–Crippen MR) is 82.9 cm³/mol. The molecular formula is C17H16FN3O. The van der Waals surface area contributed by atoms with Gasteiger partial charge < -0.3 is 10.3 Å². The molecule has 0 aliphatic rings. The average molecular weight is 297 g/mol. The van der Waals surface area contributed by atoms with Gasteiger partial charge in [-0.15, -0.1) is 0 Å². The molecule has 0 radical (unpaired) electrons. The molecule has 0 saturated carbocycles. The van der Waals surface area contributed by atoms with E-state index in [0.29, 0.717) is 24.9 Å². The number of carbonyl (C=O) groups is 1. The Labute approximate surface area is 127 Å². The molecule has 0 atom stereocenters. The number of H-pyrrole nitrogens is 1. The van der Waals surface area contributed by atoms with E-state index in [1.807, 2.05) is 18.2 Å². The maximum atomic E-state index is 13.5. The lowest BCUT2D eigenvalue weighted by molar-refractivity contribution is -0.120. The highest BCUT2D eigenvalue weighted by Gasteiger charge is 2.06. The van der Waals surface area contributed by atoms with E-state index in [9.17, 15) is 9.18 Å². The second-order valence-corrected chi connectivity index (χ2v) is 5.12. The van der Waals surface area contributed by atoms with Crippen molar-refractivity contribution in [3.05, 3.63) is 65.7 Å². The van der Waals surface area contributed by atoms with E-state index in [-0.39, 0.29) is 11.7 Å². The van der Waals surface area contributed by atoms with Crippen LogP contribution in [0, 0.1) is 5.82 Å². The van der Waals surface area contributed by atoms with E-state index >= 15 is 0 Å². The molecule has 0 fully saturated rings. The van der Waals surface area contributed by atoms with Gasteiger partial charge in [0.1, 0.15) is 5.82 Å². The molecule has 1 amide bonds. The first-order valence-electron chi connectivity index (χ1n) is 7.14. The monoisotopic (exact) mass is 297 g/mol. The standard InChI is InChI=1S/C17H16FN3O/c18-14-4-2-1-3-13(14)7-8-19-17(22)10-12-5-6-15-16(9-12)21-11-20-15/h1-6,9,11H,7-8,10H2,(H,19,22)(H,20,21). The Kier molecular flexibility index (Phi) is 4.14. The van der Waals surface area contributed by atoms with Crippen molar-refractivity contribution in [1.82, 2.24) is 15.3 Å². The third-order valence-electron chi connectivity index (χ3n) is 3.52. The lowest BCUT2D eigenvalue weighted by atomic mass is 10.1. The zero-order chi connectivity index (χ0) is 15.4. The summed E-state index contributed by atoms with van der Waals surface area (Å²) >= 11 is 0. The lowest BCUT2D eigenvalue weighted by Crippen LogP contribution is -2.27. The fraction of sp³-hybridized carbons (Fsp3) is 0.176. The highest BCUT2D eigenvalue weighted by molar-refractivity contribution is 5.81. The molecule has 112 valence electrons. The van der Waals surface area contributed by atoms with Gasteiger partial charge in [-0.3, -0.25) is 4.79 Å². The predicted octanol–water partition coefficient (Wildman–Crippen LogP) is 2.60. The number of benzene rings is 2. The molecule has 5 heteroatoms. The molecule has 2 aromatic carbocycles. The van der Waals surface area contributed by atoms with Gasteiger partial charge in [0.15, 0.2) is 0 Å². The summed E-state index contributed by atoms with van der Waals surface area (Å²) in [6.45, 7) is 0.423. The molecule has 3 rings (SSSR count). The van der Waals surface area contributed by atoms with Crippen LogP contribution in [0.1, 0.15) is 11.1 Å². The summed E-state index contributed by atoms with van der Waals surface area (Å²) in [6.07, 6.45) is 2.41. The minimum absolute atomic E-state index is 0.0739. The first-order valence-corrected chi connectivity index (χ1v) is 7.14. The zero-order valence-electron chi connectivity index (χ0n) is 12.0. The number of rotatable bonds is 5. The molecule has 2 N–H and O–H groups in total. The van der Waals surface area contributed by atoms with Crippen LogP contribution in [0.3, 0.4) is 0 Å². The van der Waals surface area contributed by atoms with Crippen molar-refractivity contribution in [1.29, 1.82) is 0 Å². The van der Waals surface area contributed by atoms with E-state index < -0.39 is 0 Å². The van der Waals surface area contributed by atoms with Gasteiger partial charge in [0.2, 0.25) is 5.91 Å². The van der Waals surface area contributed by atoms with Crippen LogP contribution >= 0.6 is 0 Å². The van der Waals surface area contributed by atoms with Crippen molar-refractivity contribution >= 4 is 16.9 Å². The number of imidazole rings is 1. The Balaban J connectivity index is 1.53. The number of aromatic nitrogens is 2. The Morgan fingerprint density at radius 3 is 2.95 bits per heavy atom. The summed E-state index contributed by atoms with van der Waals surface area (Å²) in [5, 5.41) is 2.82. The van der Waals surface area contributed by atoms with Crippen LogP contribution in [0.2, 0.25) is 0 Å². The Morgan fingerprint density at radius 2 is 2.09 bits per heavy atom. The Morgan fingerprint density at radius 1 is 1.23 bits per heavy atom. The molecule has 4 nitrogen and oxygen atoms in total. The van der Waals surface area contributed by atoms with Crippen molar-refractivity contribution in [2.75, 3.05) is 6.54 Å². The minimum Gasteiger partial charge on any atom is -0.355 e. The number of hydrogen-bond donors (Lipinski definition) is 2. The summed E-state index contributed by atoms with van der Waals surface area (Å²) < 4.78 is 13.5. The van der Waals surface area contributed by atoms with Crippen LogP contribution in [0.25, 0.3) is 11.0 Å². The largest absolute Gasteiger partial charge is 0.355 e. The van der Waals surface area contributed by atoms with E-state index in [4.69, 9.17) is 0 Å². The number of aromatic amines is 1. The van der Waals surface area contributed by atoms with Crippen molar-refractivity contribution in [2.24, 2.45) is 0 Å². The Bertz CT molecular complexity index is 797. The number of amides is 1. The summed E-state index contributed by atoms with van der Waals surface area (Å²) in [6, 6.07) is 12.3. The number of halogens is 1. The summed E-state index contributed by atoms with van der Waals surface area (Å²) in [4.78, 5) is 19.1. The molecule has 1 aromatic heterocycles. The molecule has 0 saturated heterocycles. The van der Waals surface area contributed by atoms with Gasteiger partial charge in [0.05, 0.1) is 23.8 Å². The topological polar surface area (TPSA) is 57.8 Å². The number of hydrogen-bond acceptors (Lipinski definition) is 2. The van der Waals surface area contributed by atoms with Gasteiger partial charge in [0, 0.05) is 6.54 Å². The van der Waals surface area contributed by atoms with Gasteiger partial charge in [-0.25, -0.2) is 9.37 Å². The van der Waals surface area contributed by atoms with Crippen LogP contribution in [-0.4, -0.2) is 22.4 Å². The van der Waals surface area contributed by atoms with Crippen LogP contribution in [0.15, 0.2) is 48.8 Å². The van der Waals surface area contributed by atoms with E-state index in [2.05, 4.69) is 15.3 Å². The summed E-state index contributed by atoms with van der Waals surface area (Å²) in [5.41, 5.74) is 3.32. The lowest BCUT2D eigenvalue weighted by Gasteiger charge is -2.06. The molecule has 22 heavy (non-hydrogen) atoms. The number of fused-ring (bicyclic) bond motifs is 1. The van der Waals surface area contributed by atoms with Crippen LogP contribution in [0.5, 0.6) is 0 Å². The molecular weight excluding hydrogens is 281 g/mol. The van der Waals surface area contributed by atoms with Crippen molar-refractivity contribution < 1.29 is 9.18 Å². The average Bonchev–Trinajstić information content (AvgIpc) is 2.97. The van der Waals surface area contributed by atoms with E-state index in [1.54, 1.807) is 24.5 Å². The van der Waals surface area contributed by atoms with Crippen molar-refractivity contribution in [2.45, 2.75) is 12.8 Å². The van der Waals surface area contributed by atoms with Crippen LogP contribution < -0.4 is 5.32 Å². The molecule has 1 heterocycles. The molecule has 0 bridgehead atoms. The maximum absolute atomic E-state index is 13.5. The molecule has 0 aliphatic carbocycles. The number of nitrogens with one attached hydrogen (secondary N) is 2. The second kappa shape index (κ2) is 6.39. The first kappa shape index (κ1) is 14.3. The first-order chi connectivity index (χ1) is 10.7. The quantitative estimate of drug-likeness (QED) is 0.760. The van der Waals surface area contributed by atoms with Gasteiger partial charge in [-0.05, 0) is 35.7 Å². The SMILES string of the molecule is O=C(Cc1ccc2nc[nH]c2c1)NCCc1ccccc1F. The fourth-order valence-electron chi connectivity index (χ4n) is 2.38. The maximum Gasteiger partial charge on any atom is 0.224 e. The normalized spacial score (nSPS) is 10.8. The third kappa shape index (κ3) is 3.31. The second-order valence-electron chi connectivity index (χ2n) is 5.12. The fourth-order valence-corrected chi connectivity index (χ4v) is 2.38. The number of carbonyl (C=O) groups excluding carboxylic acids is 1. The van der Waals surface area contributed by atoms with Gasteiger partial charge in [-0.2, -0.15) is 0 Å². The third-order valence-corrected chi connectivity index (χ3v) is 3.52. The van der Waals surface area contributed by atoms with Gasteiger partial charge in [-0.1, -0.05) is 24.3 Å². The smallest absolute Gasteiger partial charge is 0.224 e. The Hall–Kier alpha value is -2.69. The van der Waals surface area contributed by atoms with Crippen LogP contribution in [0.4, 0.5) is 4.39 Å². The molecule has 0 unspecified atom stereocenters. The number of nitrogens with zero attached hydrogens (tertiary/aromatic N) is 1. The van der Waals surface area contributed by atoms with Crippen LogP contribution in [-0.2, 0) is 17.6 Å². The molecule has 3 aromatic rings. The highest BCUT2D eigenvalue weighted by atomic mass is 19.1. The van der Waals surface area contributed by atoms with Crippen molar-refractivity contribution in [3.63, 3.8) is 0 Å². The summed E-state index contributed by atoms with van der Waals surface area (Å²) in [7, 11) is 0. The molecule has 0 aliphatic heterocycles. The minimum atomic E-state index is -0.235. The van der Waals surface area contributed by atoms with Crippen molar-refractivity contribution in [3.8, 4) is 0 Å². The summed E-state index contributed by atoms with van der Waals surface area (Å²) in [5.74, 6) is -0.309. The highest BCUT2D eigenvalue weighted by Crippen LogP contribution is 2.12. The van der Waals surface area contributed by atoms with Gasteiger partial charge in [0.25, 0.3) is 0 Å². The zero-order valence-corrected chi connectivity index (χ0v) is 12.0.